The highest BCUT2D eigenvalue weighted by Crippen LogP contribution is 2.30. The van der Waals surface area contributed by atoms with Crippen molar-refractivity contribution in [1.29, 1.82) is 0 Å². The summed E-state index contributed by atoms with van der Waals surface area (Å²) in [6.07, 6.45) is 13.2. The van der Waals surface area contributed by atoms with Crippen LogP contribution in [0.4, 0.5) is 4.39 Å². The zero-order chi connectivity index (χ0) is 16.4. The molecule has 2 aliphatic rings. The van der Waals surface area contributed by atoms with Crippen LogP contribution >= 0.6 is 0 Å². The molecule has 1 aromatic carbocycles. The smallest absolute Gasteiger partial charge is 0.132 e. The summed E-state index contributed by atoms with van der Waals surface area (Å²) >= 11 is 0. The van der Waals surface area contributed by atoms with Crippen molar-refractivity contribution in [2.24, 2.45) is 0 Å². The summed E-state index contributed by atoms with van der Waals surface area (Å²) in [6.45, 7) is 2.37. The first-order valence-electron chi connectivity index (χ1n) is 9.34. The zero-order valence-corrected chi connectivity index (χ0v) is 14.2. The van der Waals surface area contributed by atoms with Crippen LogP contribution in [0.15, 0.2) is 36.8 Å². The summed E-state index contributed by atoms with van der Waals surface area (Å²) in [5, 5.41) is 0. The van der Waals surface area contributed by atoms with Crippen LogP contribution in [0.25, 0.3) is 11.3 Å². The second kappa shape index (κ2) is 7.06. The van der Waals surface area contributed by atoms with Gasteiger partial charge in [-0.15, -0.1) is 0 Å². The average molecular weight is 327 g/mol. The van der Waals surface area contributed by atoms with Crippen LogP contribution in [-0.4, -0.2) is 33.6 Å². The molecule has 128 valence electrons. The van der Waals surface area contributed by atoms with E-state index in [1.807, 2.05) is 18.6 Å². The fraction of sp³-hybridized carbons (Fsp3) is 0.550. The first-order chi connectivity index (χ1) is 11.8. The van der Waals surface area contributed by atoms with Crippen molar-refractivity contribution in [3.8, 4) is 11.3 Å². The van der Waals surface area contributed by atoms with E-state index < -0.39 is 0 Å². The van der Waals surface area contributed by atoms with E-state index in [2.05, 4.69) is 14.5 Å². The number of halogens is 1. The van der Waals surface area contributed by atoms with Crippen molar-refractivity contribution in [1.82, 2.24) is 14.5 Å². The molecule has 2 aromatic rings. The molecule has 2 heterocycles. The van der Waals surface area contributed by atoms with Gasteiger partial charge in [-0.2, -0.15) is 0 Å². The van der Waals surface area contributed by atoms with E-state index in [1.54, 1.807) is 12.1 Å². The van der Waals surface area contributed by atoms with Crippen LogP contribution in [0, 0.1) is 5.82 Å². The third-order valence-electron chi connectivity index (χ3n) is 5.76. The lowest BCUT2D eigenvalue weighted by molar-refractivity contribution is 0.109. The largest absolute Gasteiger partial charge is 0.334 e. The highest BCUT2D eigenvalue weighted by molar-refractivity contribution is 5.58. The third kappa shape index (κ3) is 3.25. The molecule has 0 spiro atoms. The average Bonchev–Trinajstić information content (AvgIpc) is 3.13. The number of hydrogen-bond donors (Lipinski definition) is 0. The minimum absolute atomic E-state index is 0.199. The van der Waals surface area contributed by atoms with E-state index in [4.69, 9.17) is 0 Å². The Balaban J connectivity index is 1.40. The Morgan fingerprint density at radius 2 is 1.67 bits per heavy atom. The van der Waals surface area contributed by atoms with Crippen molar-refractivity contribution < 1.29 is 4.39 Å². The van der Waals surface area contributed by atoms with Crippen LogP contribution in [0.5, 0.6) is 0 Å². The van der Waals surface area contributed by atoms with E-state index >= 15 is 0 Å². The molecule has 0 radical (unpaired) electrons. The van der Waals surface area contributed by atoms with Crippen LogP contribution in [-0.2, 0) is 0 Å². The molecule has 4 heteroatoms. The Bertz CT molecular complexity index is 667. The van der Waals surface area contributed by atoms with Gasteiger partial charge in [0.1, 0.15) is 5.82 Å². The molecule has 0 N–H and O–H groups in total. The Morgan fingerprint density at radius 1 is 0.917 bits per heavy atom. The number of imidazole rings is 1. The van der Waals surface area contributed by atoms with Gasteiger partial charge in [-0.3, -0.25) is 0 Å². The molecule has 1 saturated heterocycles. The number of nitrogens with zero attached hydrogens (tertiary/aromatic N) is 3. The van der Waals surface area contributed by atoms with Gasteiger partial charge in [0.2, 0.25) is 0 Å². The maximum atomic E-state index is 13.9. The number of hydrogen-bond acceptors (Lipinski definition) is 2. The van der Waals surface area contributed by atoms with E-state index in [0.717, 1.165) is 11.7 Å². The Hall–Kier alpha value is -1.68. The molecule has 0 amide bonds. The Morgan fingerprint density at radius 3 is 2.42 bits per heavy atom. The summed E-state index contributed by atoms with van der Waals surface area (Å²) in [6, 6.07) is 8.19. The van der Waals surface area contributed by atoms with Gasteiger partial charge in [-0.25, -0.2) is 9.37 Å². The zero-order valence-electron chi connectivity index (χ0n) is 14.2. The fourth-order valence-electron chi connectivity index (χ4n) is 4.34. The number of benzene rings is 1. The molecular weight excluding hydrogens is 301 g/mol. The first kappa shape index (κ1) is 15.8. The molecule has 1 aromatic heterocycles. The molecular formula is C20H26FN3. The van der Waals surface area contributed by atoms with E-state index in [-0.39, 0.29) is 5.82 Å². The second-order valence-corrected chi connectivity index (χ2v) is 7.24. The van der Waals surface area contributed by atoms with E-state index in [0.29, 0.717) is 11.6 Å². The quantitative estimate of drug-likeness (QED) is 0.817. The van der Waals surface area contributed by atoms with Gasteiger partial charge in [0.25, 0.3) is 0 Å². The van der Waals surface area contributed by atoms with Gasteiger partial charge in [0, 0.05) is 36.9 Å². The van der Waals surface area contributed by atoms with Crippen molar-refractivity contribution >= 4 is 0 Å². The molecule has 3 nitrogen and oxygen atoms in total. The summed E-state index contributed by atoms with van der Waals surface area (Å²) in [5.41, 5.74) is 1.33. The van der Waals surface area contributed by atoms with Gasteiger partial charge < -0.3 is 9.47 Å². The van der Waals surface area contributed by atoms with E-state index in [1.165, 1.54) is 64.1 Å². The SMILES string of the molecule is Fc1ccccc1-c1cn(C2CCN(C3CCCCC3)CC2)cn1. The number of likely N-dealkylation sites (tertiary alicyclic amines) is 1. The van der Waals surface area contributed by atoms with Crippen molar-refractivity contribution in [2.75, 3.05) is 13.1 Å². The lowest BCUT2D eigenvalue weighted by Crippen LogP contribution is -2.42. The third-order valence-corrected chi connectivity index (χ3v) is 5.76. The van der Waals surface area contributed by atoms with Crippen molar-refractivity contribution in [3.63, 3.8) is 0 Å². The maximum Gasteiger partial charge on any atom is 0.132 e. The molecule has 1 aliphatic heterocycles. The highest BCUT2D eigenvalue weighted by Gasteiger charge is 2.27. The molecule has 0 unspecified atom stereocenters. The lowest BCUT2D eigenvalue weighted by Gasteiger charge is -2.39. The number of rotatable bonds is 3. The minimum Gasteiger partial charge on any atom is -0.334 e. The van der Waals surface area contributed by atoms with Crippen LogP contribution in [0.2, 0.25) is 0 Å². The van der Waals surface area contributed by atoms with Gasteiger partial charge >= 0.3 is 0 Å². The molecule has 24 heavy (non-hydrogen) atoms. The summed E-state index contributed by atoms with van der Waals surface area (Å²) in [5.74, 6) is -0.199. The normalized spacial score (nSPS) is 21.2. The van der Waals surface area contributed by atoms with Gasteiger partial charge in [-0.1, -0.05) is 31.4 Å². The van der Waals surface area contributed by atoms with Crippen LogP contribution < -0.4 is 0 Å². The first-order valence-corrected chi connectivity index (χ1v) is 9.34. The monoisotopic (exact) mass is 327 g/mol. The van der Waals surface area contributed by atoms with Gasteiger partial charge in [0.15, 0.2) is 0 Å². The molecule has 4 rings (SSSR count). The summed E-state index contributed by atoms with van der Waals surface area (Å²) in [4.78, 5) is 7.14. The van der Waals surface area contributed by atoms with Crippen LogP contribution in [0.3, 0.4) is 0 Å². The van der Waals surface area contributed by atoms with Gasteiger partial charge in [-0.05, 0) is 37.8 Å². The predicted molar refractivity (Wildman–Crippen MR) is 94.3 cm³/mol. The topological polar surface area (TPSA) is 21.1 Å². The van der Waals surface area contributed by atoms with Crippen molar-refractivity contribution in [2.45, 2.75) is 57.0 Å². The molecule has 0 bridgehead atoms. The highest BCUT2D eigenvalue weighted by atomic mass is 19.1. The number of aromatic nitrogens is 2. The van der Waals surface area contributed by atoms with Gasteiger partial charge in [0.05, 0.1) is 12.0 Å². The predicted octanol–water partition coefficient (Wildman–Crippen LogP) is 4.66. The minimum atomic E-state index is -0.199. The fourth-order valence-corrected chi connectivity index (χ4v) is 4.34. The van der Waals surface area contributed by atoms with E-state index in [9.17, 15) is 4.39 Å². The number of piperidine rings is 1. The lowest BCUT2D eigenvalue weighted by atomic mass is 9.92. The summed E-state index contributed by atoms with van der Waals surface area (Å²) < 4.78 is 16.1. The molecule has 1 aliphatic carbocycles. The maximum absolute atomic E-state index is 13.9. The Labute approximate surface area is 143 Å². The second-order valence-electron chi connectivity index (χ2n) is 7.24. The Kier molecular flexibility index (Phi) is 4.65. The summed E-state index contributed by atoms with van der Waals surface area (Å²) in [7, 11) is 0. The molecule has 2 fully saturated rings. The van der Waals surface area contributed by atoms with Crippen molar-refractivity contribution in [3.05, 3.63) is 42.6 Å². The van der Waals surface area contributed by atoms with Crippen LogP contribution in [0.1, 0.15) is 51.0 Å². The molecule has 0 atom stereocenters. The molecule has 1 saturated carbocycles. The standard InChI is InChI=1S/C20H26FN3/c21-19-9-5-4-8-18(19)20-14-24(15-22-20)17-10-12-23(13-11-17)16-6-2-1-3-7-16/h4-5,8-9,14-17H,1-3,6-7,10-13H2.